The van der Waals surface area contributed by atoms with Gasteiger partial charge < -0.3 is 10.1 Å². The number of hydrogen-bond donors (Lipinski definition) is 1. The molecular weight excluding hydrogens is 174 g/mol. The lowest BCUT2D eigenvalue weighted by Gasteiger charge is -2.33. The molecule has 2 aliphatic carbocycles. The van der Waals surface area contributed by atoms with Crippen LogP contribution in [0.1, 0.15) is 45.4 Å². The molecule has 2 saturated carbocycles. The van der Waals surface area contributed by atoms with E-state index < -0.39 is 0 Å². The molecule has 0 aromatic carbocycles. The Morgan fingerprint density at radius 1 is 1.14 bits per heavy atom. The van der Waals surface area contributed by atoms with Crippen molar-refractivity contribution in [3.05, 3.63) is 0 Å². The number of ether oxygens (including phenoxy) is 1. The topological polar surface area (TPSA) is 21.3 Å². The van der Waals surface area contributed by atoms with E-state index in [1.54, 1.807) is 0 Å². The summed E-state index contributed by atoms with van der Waals surface area (Å²) in [7, 11) is 1.85. The van der Waals surface area contributed by atoms with E-state index in [0.717, 1.165) is 5.92 Å². The van der Waals surface area contributed by atoms with Crippen molar-refractivity contribution < 1.29 is 4.74 Å². The molecule has 1 N–H and O–H groups in total. The molecular formula is C12H23NO. The largest absolute Gasteiger partial charge is 0.380 e. The fourth-order valence-corrected chi connectivity index (χ4v) is 2.64. The van der Waals surface area contributed by atoms with E-state index in [1.807, 2.05) is 7.11 Å². The summed E-state index contributed by atoms with van der Waals surface area (Å²) in [5, 5.41) is 3.76. The Balaban J connectivity index is 1.80. The summed E-state index contributed by atoms with van der Waals surface area (Å²) in [4.78, 5) is 0. The van der Waals surface area contributed by atoms with Crippen LogP contribution in [0.2, 0.25) is 0 Å². The van der Waals surface area contributed by atoms with Crippen LogP contribution in [0.15, 0.2) is 0 Å². The fraction of sp³-hybridized carbons (Fsp3) is 1.00. The Bertz CT molecular complexity index is 179. The highest BCUT2D eigenvalue weighted by molar-refractivity contribution is 4.89. The van der Waals surface area contributed by atoms with Gasteiger partial charge in [0.15, 0.2) is 0 Å². The zero-order valence-corrected chi connectivity index (χ0v) is 9.46. The first kappa shape index (κ1) is 10.4. The Hall–Kier alpha value is -0.0800. The summed E-state index contributed by atoms with van der Waals surface area (Å²) in [5.74, 6) is 0.953. The highest BCUT2D eigenvalue weighted by Gasteiger charge is 2.32. The summed E-state index contributed by atoms with van der Waals surface area (Å²) < 4.78 is 5.54. The molecule has 0 bridgehead atoms. The van der Waals surface area contributed by atoms with Crippen molar-refractivity contribution in [2.24, 2.45) is 5.92 Å². The molecule has 0 saturated heterocycles. The fourth-order valence-electron chi connectivity index (χ4n) is 2.64. The monoisotopic (exact) mass is 197 g/mol. The average molecular weight is 197 g/mol. The van der Waals surface area contributed by atoms with Crippen molar-refractivity contribution in [2.75, 3.05) is 7.11 Å². The average Bonchev–Trinajstić information content (AvgIpc) is 3.02. The molecule has 2 rings (SSSR count). The summed E-state index contributed by atoms with van der Waals surface area (Å²) >= 11 is 0. The number of hydrogen-bond acceptors (Lipinski definition) is 2. The van der Waals surface area contributed by atoms with Crippen molar-refractivity contribution in [3.8, 4) is 0 Å². The van der Waals surface area contributed by atoms with Crippen molar-refractivity contribution >= 4 is 0 Å². The van der Waals surface area contributed by atoms with E-state index in [-0.39, 0.29) is 0 Å². The van der Waals surface area contributed by atoms with Gasteiger partial charge in [-0.1, -0.05) is 12.8 Å². The molecule has 2 fully saturated rings. The standard InChI is InChI=1S/C12H23NO/c1-9(10-7-8-10)13-11-5-3-4-6-12(11)14-2/h9-13H,3-8H2,1-2H3. The van der Waals surface area contributed by atoms with Gasteiger partial charge in [0.25, 0.3) is 0 Å². The van der Waals surface area contributed by atoms with Crippen LogP contribution in [0.3, 0.4) is 0 Å². The zero-order chi connectivity index (χ0) is 9.97. The third-order valence-corrected chi connectivity index (χ3v) is 3.81. The van der Waals surface area contributed by atoms with Crippen molar-refractivity contribution in [1.82, 2.24) is 5.32 Å². The van der Waals surface area contributed by atoms with Gasteiger partial charge in [0.05, 0.1) is 6.10 Å². The summed E-state index contributed by atoms with van der Waals surface area (Å²) in [5.41, 5.74) is 0. The van der Waals surface area contributed by atoms with Crippen LogP contribution in [0.25, 0.3) is 0 Å². The predicted molar refractivity (Wildman–Crippen MR) is 58.4 cm³/mol. The Morgan fingerprint density at radius 2 is 1.86 bits per heavy atom. The van der Waals surface area contributed by atoms with Gasteiger partial charge in [-0.15, -0.1) is 0 Å². The molecule has 2 aliphatic rings. The van der Waals surface area contributed by atoms with E-state index in [1.165, 1.54) is 38.5 Å². The normalized spacial score (nSPS) is 35.6. The minimum absolute atomic E-state index is 0.463. The van der Waals surface area contributed by atoms with Crippen molar-refractivity contribution in [1.29, 1.82) is 0 Å². The minimum Gasteiger partial charge on any atom is -0.380 e. The van der Waals surface area contributed by atoms with Gasteiger partial charge in [-0.3, -0.25) is 0 Å². The maximum atomic E-state index is 5.54. The van der Waals surface area contributed by atoms with Crippen LogP contribution >= 0.6 is 0 Å². The maximum Gasteiger partial charge on any atom is 0.0724 e. The molecule has 3 atom stereocenters. The first-order valence-electron chi connectivity index (χ1n) is 6.10. The Labute approximate surface area is 87.4 Å². The number of nitrogens with one attached hydrogen (secondary N) is 1. The second kappa shape index (κ2) is 4.63. The lowest BCUT2D eigenvalue weighted by molar-refractivity contribution is 0.0375. The molecule has 0 spiro atoms. The van der Waals surface area contributed by atoms with E-state index >= 15 is 0 Å². The molecule has 2 heteroatoms. The zero-order valence-electron chi connectivity index (χ0n) is 9.46. The summed E-state index contributed by atoms with van der Waals surface area (Å²) in [6.45, 7) is 2.33. The second-order valence-corrected chi connectivity index (χ2v) is 4.96. The molecule has 14 heavy (non-hydrogen) atoms. The third-order valence-electron chi connectivity index (χ3n) is 3.81. The highest BCUT2D eigenvalue weighted by atomic mass is 16.5. The van der Waals surface area contributed by atoms with E-state index in [4.69, 9.17) is 4.74 Å². The van der Waals surface area contributed by atoms with Crippen LogP contribution < -0.4 is 5.32 Å². The molecule has 3 unspecified atom stereocenters. The SMILES string of the molecule is COC1CCCCC1NC(C)C1CC1. The van der Waals surface area contributed by atoms with Crippen LogP contribution in [-0.2, 0) is 4.74 Å². The molecule has 0 heterocycles. The first-order chi connectivity index (χ1) is 6.81. The summed E-state index contributed by atoms with van der Waals surface area (Å²) in [6.07, 6.45) is 8.58. The first-order valence-corrected chi connectivity index (χ1v) is 6.10. The molecule has 0 aliphatic heterocycles. The van der Waals surface area contributed by atoms with Gasteiger partial charge >= 0.3 is 0 Å². The third kappa shape index (κ3) is 2.48. The molecule has 2 nitrogen and oxygen atoms in total. The minimum atomic E-state index is 0.463. The van der Waals surface area contributed by atoms with Gasteiger partial charge in [0.2, 0.25) is 0 Å². The molecule has 82 valence electrons. The van der Waals surface area contributed by atoms with E-state index in [9.17, 15) is 0 Å². The second-order valence-electron chi connectivity index (χ2n) is 4.96. The van der Waals surface area contributed by atoms with Gasteiger partial charge in [0.1, 0.15) is 0 Å². The van der Waals surface area contributed by atoms with Crippen LogP contribution in [0.4, 0.5) is 0 Å². The smallest absolute Gasteiger partial charge is 0.0724 e. The van der Waals surface area contributed by atoms with Crippen molar-refractivity contribution in [2.45, 2.75) is 63.6 Å². The highest BCUT2D eigenvalue weighted by Crippen LogP contribution is 2.33. The van der Waals surface area contributed by atoms with E-state index in [0.29, 0.717) is 18.2 Å². The van der Waals surface area contributed by atoms with Crippen molar-refractivity contribution in [3.63, 3.8) is 0 Å². The Kier molecular flexibility index (Phi) is 3.45. The molecule has 0 amide bonds. The summed E-state index contributed by atoms with van der Waals surface area (Å²) in [6, 6.07) is 1.32. The van der Waals surface area contributed by atoms with Crippen LogP contribution in [0, 0.1) is 5.92 Å². The molecule has 0 radical (unpaired) electrons. The van der Waals surface area contributed by atoms with Crippen LogP contribution in [0.5, 0.6) is 0 Å². The van der Waals surface area contributed by atoms with Gasteiger partial charge in [-0.2, -0.15) is 0 Å². The maximum absolute atomic E-state index is 5.54. The Morgan fingerprint density at radius 3 is 2.50 bits per heavy atom. The quantitative estimate of drug-likeness (QED) is 0.747. The van der Waals surface area contributed by atoms with E-state index in [2.05, 4.69) is 12.2 Å². The lowest BCUT2D eigenvalue weighted by Crippen LogP contribution is -2.47. The number of rotatable bonds is 4. The lowest BCUT2D eigenvalue weighted by atomic mass is 9.91. The van der Waals surface area contributed by atoms with Crippen LogP contribution in [-0.4, -0.2) is 25.3 Å². The van der Waals surface area contributed by atoms with Gasteiger partial charge in [-0.05, 0) is 38.5 Å². The van der Waals surface area contributed by atoms with Gasteiger partial charge in [-0.25, -0.2) is 0 Å². The molecule has 0 aromatic heterocycles. The predicted octanol–water partition coefficient (Wildman–Crippen LogP) is 2.33. The number of methoxy groups -OCH3 is 1. The molecule has 0 aromatic rings. The van der Waals surface area contributed by atoms with Gasteiger partial charge in [0, 0.05) is 19.2 Å².